The molecule has 9 heteroatoms. The Labute approximate surface area is 117 Å². The highest BCUT2D eigenvalue weighted by molar-refractivity contribution is 7.60. The lowest BCUT2D eigenvalue weighted by Gasteiger charge is -2.09. The molecule has 0 heterocycles. The van der Waals surface area contributed by atoms with Gasteiger partial charge in [0.2, 0.25) is 0 Å². The van der Waals surface area contributed by atoms with E-state index < -0.39 is 15.6 Å². The predicted octanol–water partition coefficient (Wildman–Crippen LogP) is 2.97. The van der Waals surface area contributed by atoms with Gasteiger partial charge in [0, 0.05) is 0 Å². The van der Waals surface area contributed by atoms with E-state index in [1.807, 2.05) is 25.2 Å². The van der Waals surface area contributed by atoms with Crippen molar-refractivity contribution in [2.75, 3.05) is 0 Å². The zero-order chi connectivity index (χ0) is 15.5. The number of hydrogen-bond donors (Lipinski definition) is 3. The Morgan fingerprint density at radius 3 is 1.70 bits per heavy atom. The van der Waals surface area contributed by atoms with Gasteiger partial charge in [0.1, 0.15) is 0 Å². The lowest BCUT2D eigenvalue weighted by atomic mass is 10.4. The minimum absolute atomic E-state index is 0.788. The van der Waals surface area contributed by atoms with Crippen LogP contribution in [0.5, 0.6) is 0 Å². The van der Waals surface area contributed by atoms with Crippen LogP contribution in [0.25, 0.3) is 0 Å². The monoisotopic (exact) mass is 322 g/mol. The molecule has 7 nitrogen and oxygen atoms in total. The van der Waals surface area contributed by atoms with Crippen LogP contribution in [-0.4, -0.2) is 14.7 Å². The largest absolute Gasteiger partial charge is 0.535 e. The van der Waals surface area contributed by atoms with E-state index in [-0.39, 0.29) is 0 Å². The summed E-state index contributed by atoms with van der Waals surface area (Å²) in [5, 5.41) is 0. The van der Waals surface area contributed by atoms with E-state index in [0.29, 0.717) is 0 Å². The third kappa shape index (κ3) is 13.2. The Morgan fingerprint density at radius 2 is 1.25 bits per heavy atom. The molecule has 0 rings (SSSR count). The molecular formula is C11H16O7P2. The lowest BCUT2D eigenvalue weighted by molar-refractivity contribution is 0.217. The van der Waals surface area contributed by atoms with Crippen LogP contribution in [0.4, 0.5) is 0 Å². The fourth-order valence-corrected chi connectivity index (χ4v) is 2.26. The first-order valence-corrected chi connectivity index (χ1v) is 8.35. The van der Waals surface area contributed by atoms with Gasteiger partial charge in [-0.25, -0.2) is 9.13 Å². The Balaban J connectivity index is 4.14. The molecule has 20 heavy (non-hydrogen) atoms. The highest BCUT2D eigenvalue weighted by Gasteiger charge is 2.32. The summed E-state index contributed by atoms with van der Waals surface area (Å²) in [4.78, 5) is 25.6. The fraction of sp³-hybridized carbons (Fsp3) is 0.0909. The van der Waals surface area contributed by atoms with Gasteiger partial charge < -0.3 is 14.3 Å². The van der Waals surface area contributed by atoms with Crippen LogP contribution in [0.1, 0.15) is 6.92 Å². The average Bonchev–Trinajstić information content (AvgIpc) is 2.28. The molecule has 0 aromatic carbocycles. The van der Waals surface area contributed by atoms with Gasteiger partial charge in [0.05, 0.1) is 6.26 Å². The Hall–Kier alpha value is -1.20. The quantitative estimate of drug-likeness (QED) is 0.357. The maximum atomic E-state index is 11.0. The second-order valence-corrected chi connectivity index (χ2v) is 5.94. The number of rotatable bonds is 8. The first-order valence-electron chi connectivity index (χ1n) is 5.33. The summed E-state index contributed by atoms with van der Waals surface area (Å²) in [6.45, 7) is 1.90. The van der Waals surface area contributed by atoms with Crippen LogP contribution in [0.3, 0.4) is 0 Å². The van der Waals surface area contributed by atoms with Crippen molar-refractivity contribution in [3.05, 3.63) is 60.9 Å². The Morgan fingerprint density at radius 1 is 0.800 bits per heavy atom. The normalized spacial score (nSPS) is 17.0. The van der Waals surface area contributed by atoms with E-state index in [0.717, 1.165) is 6.26 Å². The van der Waals surface area contributed by atoms with Gasteiger partial charge in [-0.2, -0.15) is 4.31 Å². The van der Waals surface area contributed by atoms with E-state index in [2.05, 4.69) is 8.83 Å². The van der Waals surface area contributed by atoms with Crippen LogP contribution >= 0.6 is 15.6 Å². The molecule has 0 amide bonds. The molecule has 1 atom stereocenters. The van der Waals surface area contributed by atoms with Crippen LogP contribution < -0.4 is 0 Å². The highest BCUT2D eigenvalue weighted by atomic mass is 31.3. The standard InChI is InChI=1S/C11H16O7P2/c1-2-3-4-5-6-7-8-9-10-11-17-20(15,16)18-19(12,13)14/h2-11H,1H3,(H,15,16)(H2,12,13,14). The molecule has 112 valence electrons. The average molecular weight is 322 g/mol. The van der Waals surface area contributed by atoms with Crippen molar-refractivity contribution in [3.63, 3.8) is 0 Å². The summed E-state index contributed by atoms with van der Waals surface area (Å²) in [5.74, 6) is 0. The smallest absolute Gasteiger partial charge is 0.412 e. The minimum Gasteiger partial charge on any atom is -0.412 e. The predicted molar refractivity (Wildman–Crippen MR) is 75.4 cm³/mol. The minimum atomic E-state index is -5.08. The van der Waals surface area contributed by atoms with Gasteiger partial charge in [-0.15, -0.1) is 0 Å². The van der Waals surface area contributed by atoms with Gasteiger partial charge in [-0.3, -0.25) is 4.89 Å². The summed E-state index contributed by atoms with van der Waals surface area (Å²) >= 11 is 0. The van der Waals surface area contributed by atoms with Crippen molar-refractivity contribution in [2.45, 2.75) is 6.92 Å². The van der Waals surface area contributed by atoms with Crippen LogP contribution in [0.2, 0.25) is 0 Å². The first-order chi connectivity index (χ1) is 9.27. The molecule has 1 unspecified atom stereocenters. The van der Waals surface area contributed by atoms with E-state index in [9.17, 15) is 9.13 Å². The second-order valence-electron chi connectivity index (χ2n) is 3.16. The molecule has 0 bridgehead atoms. The Bertz CT molecular complexity index is 511. The molecule has 0 saturated carbocycles. The summed E-state index contributed by atoms with van der Waals surface area (Å²) < 4.78 is 29.1. The maximum Gasteiger partial charge on any atom is 0.535 e. The van der Waals surface area contributed by atoms with Crippen molar-refractivity contribution in [2.24, 2.45) is 0 Å². The lowest BCUT2D eigenvalue weighted by Crippen LogP contribution is -1.88. The SMILES string of the molecule is CC=CC=CC=CC=CC=COP(=O)(O)OP(=O)(O)O. The van der Waals surface area contributed by atoms with Gasteiger partial charge >= 0.3 is 15.6 Å². The van der Waals surface area contributed by atoms with Crippen LogP contribution in [-0.2, 0) is 18.0 Å². The number of phosphoric ester groups is 1. The van der Waals surface area contributed by atoms with Gasteiger partial charge in [0.25, 0.3) is 0 Å². The van der Waals surface area contributed by atoms with Gasteiger partial charge in [0.15, 0.2) is 0 Å². The molecular weight excluding hydrogens is 306 g/mol. The third-order valence-electron chi connectivity index (χ3n) is 1.45. The summed E-state index contributed by atoms with van der Waals surface area (Å²) in [6, 6.07) is 0. The molecule has 0 fully saturated rings. The van der Waals surface area contributed by atoms with E-state index >= 15 is 0 Å². The topological polar surface area (TPSA) is 113 Å². The molecule has 0 aliphatic rings. The molecule has 0 aliphatic heterocycles. The second kappa shape index (κ2) is 9.66. The van der Waals surface area contributed by atoms with Crippen molar-refractivity contribution < 1.29 is 32.6 Å². The summed E-state index contributed by atoms with van der Waals surface area (Å²) in [6.07, 6.45) is 16.0. The molecule has 0 aromatic heterocycles. The fourth-order valence-electron chi connectivity index (χ4n) is 0.807. The molecule has 0 radical (unpaired) electrons. The van der Waals surface area contributed by atoms with Crippen molar-refractivity contribution in [1.82, 2.24) is 0 Å². The molecule has 0 aliphatic carbocycles. The van der Waals surface area contributed by atoms with Crippen LogP contribution in [0, 0.1) is 0 Å². The van der Waals surface area contributed by atoms with Crippen molar-refractivity contribution >= 4 is 15.6 Å². The molecule has 0 saturated heterocycles. The van der Waals surface area contributed by atoms with Crippen LogP contribution in [0.15, 0.2) is 60.9 Å². The zero-order valence-corrected chi connectivity index (χ0v) is 12.4. The molecule has 3 N–H and O–H groups in total. The summed E-state index contributed by atoms with van der Waals surface area (Å²) in [5.41, 5.74) is 0. The molecule has 0 spiro atoms. The van der Waals surface area contributed by atoms with E-state index in [4.69, 9.17) is 14.7 Å². The highest BCUT2D eigenvalue weighted by Crippen LogP contribution is 2.57. The summed E-state index contributed by atoms with van der Waals surface area (Å²) in [7, 11) is -9.89. The number of phosphoric acid groups is 2. The number of hydrogen-bond acceptors (Lipinski definition) is 4. The first kappa shape index (κ1) is 18.8. The third-order valence-corrected chi connectivity index (χ3v) is 3.52. The number of allylic oxidation sites excluding steroid dienone is 9. The van der Waals surface area contributed by atoms with E-state index in [1.165, 1.54) is 12.2 Å². The maximum absolute atomic E-state index is 11.0. The molecule has 0 aromatic rings. The van der Waals surface area contributed by atoms with Crippen molar-refractivity contribution in [3.8, 4) is 0 Å². The van der Waals surface area contributed by atoms with E-state index in [1.54, 1.807) is 24.3 Å². The van der Waals surface area contributed by atoms with Gasteiger partial charge in [-0.1, -0.05) is 48.6 Å². The van der Waals surface area contributed by atoms with Crippen molar-refractivity contribution in [1.29, 1.82) is 0 Å². The van der Waals surface area contributed by atoms with Gasteiger partial charge in [-0.05, 0) is 13.0 Å². The Kier molecular flexibility index (Phi) is 9.08. The zero-order valence-electron chi connectivity index (χ0n) is 10.6.